The van der Waals surface area contributed by atoms with Crippen LogP contribution in [0.4, 0.5) is 10.2 Å². The standard InChI is InChI=1S/C20H25FN4O/c1-24(14-15-3-2-4-18(20(15)21)26-17-5-6-17)16-7-11-25(12-8-16)19-13-22-9-10-23-19/h2-4,9-10,13,16-17H,5-8,11-12,14H2,1H3. The number of benzene rings is 1. The number of hydrogen-bond acceptors (Lipinski definition) is 5. The van der Waals surface area contributed by atoms with Gasteiger partial charge in [-0.25, -0.2) is 9.37 Å². The Balaban J connectivity index is 1.35. The maximum Gasteiger partial charge on any atom is 0.169 e. The van der Waals surface area contributed by atoms with Gasteiger partial charge in [-0.05, 0) is 38.8 Å². The zero-order valence-electron chi connectivity index (χ0n) is 15.1. The number of nitrogens with zero attached hydrogens (tertiary/aromatic N) is 4. The highest BCUT2D eigenvalue weighted by Gasteiger charge is 2.27. The SMILES string of the molecule is CN(Cc1cccc(OC2CC2)c1F)C1CCN(c2cnccn2)CC1. The van der Waals surface area contributed by atoms with Crippen molar-refractivity contribution in [3.05, 3.63) is 48.2 Å². The van der Waals surface area contributed by atoms with E-state index in [0.29, 0.717) is 23.9 Å². The van der Waals surface area contributed by atoms with Crippen molar-refractivity contribution in [1.29, 1.82) is 0 Å². The summed E-state index contributed by atoms with van der Waals surface area (Å²) >= 11 is 0. The number of hydrogen-bond donors (Lipinski definition) is 0. The van der Waals surface area contributed by atoms with E-state index >= 15 is 0 Å². The summed E-state index contributed by atoms with van der Waals surface area (Å²) < 4.78 is 20.4. The summed E-state index contributed by atoms with van der Waals surface area (Å²) in [6.07, 6.45) is 9.59. The van der Waals surface area contributed by atoms with Crippen LogP contribution in [-0.2, 0) is 6.54 Å². The molecule has 1 aromatic heterocycles. The Morgan fingerprint density at radius 2 is 2.00 bits per heavy atom. The van der Waals surface area contributed by atoms with Gasteiger partial charge in [0.25, 0.3) is 0 Å². The number of halogens is 1. The van der Waals surface area contributed by atoms with E-state index in [4.69, 9.17) is 4.74 Å². The van der Waals surface area contributed by atoms with E-state index in [2.05, 4.69) is 26.8 Å². The van der Waals surface area contributed by atoms with Crippen molar-refractivity contribution in [2.45, 2.75) is 44.4 Å². The molecule has 1 aliphatic carbocycles. The zero-order valence-corrected chi connectivity index (χ0v) is 15.1. The summed E-state index contributed by atoms with van der Waals surface area (Å²) in [5, 5.41) is 0. The molecule has 2 aliphatic rings. The van der Waals surface area contributed by atoms with Crippen LogP contribution in [0.3, 0.4) is 0 Å². The largest absolute Gasteiger partial charge is 0.487 e. The van der Waals surface area contributed by atoms with Crippen molar-refractivity contribution in [1.82, 2.24) is 14.9 Å². The lowest BCUT2D eigenvalue weighted by Gasteiger charge is -2.37. The summed E-state index contributed by atoms with van der Waals surface area (Å²) in [6, 6.07) is 5.92. The molecule has 0 spiro atoms. The third-order valence-electron chi connectivity index (χ3n) is 5.24. The molecular formula is C20H25FN4O. The van der Waals surface area contributed by atoms with Crippen LogP contribution in [0.1, 0.15) is 31.2 Å². The molecule has 1 saturated heterocycles. The molecule has 4 rings (SSSR count). The molecule has 0 bridgehead atoms. The van der Waals surface area contributed by atoms with Crippen molar-refractivity contribution in [3.63, 3.8) is 0 Å². The molecule has 2 aromatic rings. The Labute approximate surface area is 153 Å². The summed E-state index contributed by atoms with van der Waals surface area (Å²) in [5.41, 5.74) is 0.710. The molecule has 0 amide bonds. The number of piperidine rings is 1. The Morgan fingerprint density at radius 1 is 1.19 bits per heavy atom. The Morgan fingerprint density at radius 3 is 2.69 bits per heavy atom. The summed E-state index contributed by atoms with van der Waals surface area (Å²) in [5.74, 6) is 1.13. The third kappa shape index (κ3) is 3.96. The minimum atomic E-state index is -0.205. The van der Waals surface area contributed by atoms with E-state index in [-0.39, 0.29) is 11.9 Å². The third-order valence-corrected chi connectivity index (χ3v) is 5.24. The number of aromatic nitrogens is 2. The van der Waals surface area contributed by atoms with Gasteiger partial charge in [0, 0.05) is 43.6 Å². The molecule has 6 heteroatoms. The lowest BCUT2D eigenvalue weighted by Crippen LogP contribution is -2.43. The Kier molecular flexibility index (Phi) is 5.02. The van der Waals surface area contributed by atoms with Crippen molar-refractivity contribution >= 4 is 5.82 Å². The maximum absolute atomic E-state index is 14.7. The lowest BCUT2D eigenvalue weighted by atomic mass is 10.0. The van der Waals surface area contributed by atoms with Gasteiger partial charge in [-0.3, -0.25) is 9.88 Å². The molecule has 0 unspecified atom stereocenters. The number of anilines is 1. The molecule has 138 valence electrons. The van der Waals surface area contributed by atoms with Gasteiger partial charge in [0.2, 0.25) is 0 Å². The molecule has 1 aliphatic heterocycles. The van der Waals surface area contributed by atoms with Crippen LogP contribution in [0.5, 0.6) is 5.75 Å². The van der Waals surface area contributed by atoms with E-state index < -0.39 is 0 Å². The van der Waals surface area contributed by atoms with E-state index in [0.717, 1.165) is 44.6 Å². The fourth-order valence-corrected chi connectivity index (χ4v) is 3.52. The highest BCUT2D eigenvalue weighted by molar-refractivity contribution is 5.35. The van der Waals surface area contributed by atoms with Gasteiger partial charge >= 0.3 is 0 Å². The molecule has 1 saturated carbocycles. The van der Waals surface area contributed by atoms with Crippen LogP contribution in [0.25, 0.3) is 0 Å². The first-order valence-corrected chi connectivity index (χ1v) is 9.36. The molecule has 1 aromatic carbocycles. The van der Waals surface area contributed by atoms with Gasteiger partial charge in [0.05, 0.1) is 12.3 Å². The lowest BCUT2D eigenvalue weighted by molar-refractivity contribution is 0.196. The molecule has 2 fully saturated rings. The first kappa shape index (κ1) is 17.2. The van der Waals surface area contributed by atoms with Crippen molar-refractivity contribution in [2.24, 2.45) is 0 Å². The van der Waals surface area contributed by atoms with Crippen molar-refractivity contribution in [3.8, 4) is 5.75 Å². The smallest absolute Gasteiger partial charge is 0.169 e. The molecule has 26 heavy (non-hydrogen) atoms. The maximum atomic E-state index is 14.7. The van der Waals surface area contributed by atoms with Crippen molar-refractivity contribution < 1.29 is 9.13 Å². The fourth-order valence-electron chi connectivity index (χ4n) is 3.52. The second-order valence-electron chi connectivity index (χ2n) is 7.24. The van der Waals surface area contributed by atoms with E-state index in [1.54, 1.807) is 18.5 Å². The van der Waals surface area contributed by atoms with Gasteiger partial charge in [-0.1, -0.05) is 12.1 Å². The second-order valence-corrected chi connectivity index (χ2v) is 7.24. The topological polar surface area (TPSA) is 41.5 Å². The van der Waals surface area contributed by atoms with Crippen LogP contribution in [0, 0.1) is 5.82 Å². The fraction of sp³-hybridized carbons (Fsp3) is 0.500. The van der Waals surface area contributed by atoms with E-state index in [1.807, 2.05) is 18.3 Å². The highest BCUT2D eigenvalue weighted by atomic mass is 19.1. The minimum Gasteiger partial charge on any atom is -0.487 e. The average molecular weight is 356 g/mol. The van der Waals surface area contributed by atoms with Gasteiger partial charge in [0.15, 0.2) is 11.6 Å². The predicted octanol–water partition coefficient (Wildman–Crippen LogP) is 3.26. The normalized spacial score (nSPS) is 18.3. The zero-order chi connectivity index (χ0) is 17.9. The van der Waals surface area contributed by atoms with Crippen LogP contribution in [0.15, 0.2) is 36.8 Å². The first-order valence-electron chi connectivity index (χ1n) is 9.36. The van der Waals surface area contributed by atoms with Gasteiger partial charge in [-0.2, -0.15) is 0 Å². The van der Waals surface area contributed by atoms with Crippen LogP contribution in [-0.4, -0.2) is 47.2 Å². The first-order chi connectivity index (χ1) is 12.7. The van der Waals surface area contributed by atoms with Crippen LogP contribution >= 0.6 is 0 Å². The average Bonchev–Trinajstić information content (AvgIpc) is 3.50. The minimum absolute atomic E-state index is 0.205. The molecule has 0 radical (unpaired) electrons. The second kappa shape index (κ2) is 7.58. The predicted molar refractivity (Wildman–Crippen MR) is 98.8 cm³/mol. The van der Waals surface area contributed by atoms with E-state index in [9.17, 15) is 4.39 Å². The molecule has 5 nitrogen and oxygen atoms in total. The van der Waals surface area contributed by atoms with Crippen LogP contribution < -0.4 is 9.64 Å². The van der Waals surface area contributed by atoms with Gasteiger partial charge < -0.3 is 9.64 Å². The molecule has 0 N–H and O–H groups in total. The Bertz CT molecular complexity index is 730. The van der Waals surface area contributed by atoms with Gasteiger partial charge in [-0.15, -0.1) is 0 Å². The monoisotopic (exact) mass is 356 g/mol. The number of ether oxygens (including phenoxy) is 1. The summed E-state index contributed by atoms with van der Waals surface area (Å²) in [6.45, 7) is 2.49. The summed E-state index contributed by atoms with van der Waals surface area (Å²) in [7, 11) is 2.08. The van der Waals surface area contributed by atoms with Gasteiger partial charge in [0.1, 0.15) is 5.82 Å². The number of rotatable bonds is 6. The highest BCUT2D eigenvalue weighted by Crippen LogP contribution is 2.30. The van der Waals surface area contributed by atoms with Crippen molar-refractivity contribution in [2.75, 3.05) is 25.0 Å². The van der Waals surface area contributed by atoms with Crippen LogP contribution in [0.2, 0.25) is 0 Å². The molecule has 2 heterocycles. The van der Waals surface area contributed by atoms with E-state index in [1.165, 1.54) is 0 Å². The molecular weight excluding hydrogens is 331 g/mol. The quantitative estimate of drug-likeness (QED) is 0.795. The Hall–Kier alpha value is -2.21. The summed E-state index contributed by atoms with van der Waals surface area (Å²) in [4.78, 5) is 13.0. The molecule has 0 atom stereocenters.